The summed E-state index contributed by atoms with van der Waals surface area (Å²) in [5.74, 6) is 0.904. The van der Waals surface area contributed by atoms with Crippen molar-refractivity contribution >= 4 is 29.8 Å². The van der Waals surface area contributed by atoms with Gasteiger partial charge in [-0.3, -0.25) is 4.79 Å². The predicted molar refractivity (Wildman–Crippen MR) is 118 cm³/mol. The molecule has 4 rings (SSSR count). The first kappa shape index (κ1) is 20.9. The lowest BCUT2D eigenvalue weighted by Gasteiger charge is -2.39. The molecule has 0 radical (unpaired) electrons. The van der Waals surface area contributed by atoms with Crippen molar-refractivity contribution in [1.82, 2.24) is 14.5 Å². The third-order valence-electron chi connectivity index (χ3n) is 5.25. The lowest BCUT2D eigenvalue weighted by molar-refractivity contribution is -0.117. The van der Waals surface area contributed by atoms with E-state index in [0.29, 0.717) is 0 Å². The Bertz CT molecular complexity index is 1010. The van der Waals surface area contributed by atoms with E-state index in [1.54, 1.807) is 6.92 Å². The average molecular weight is 412 g/mol. The molecule has 1 amide bonds. The van der Waals surface area contributed by atoms with Crippen LogP contribution < -0.4 is 10.2 Å². The number of rotatable bonds is 3. The molecule has 3 heterocycles. The SMILES string of the molecule is CC(=O)N1c2ccc(-n3cnc(C)c3)cc2C(Nc2ccc(C)cn2)CC1C.Cl. The van der Waals surface area contributed by atoms with E-state index in [4.69, 9.17) is 0 Å². The van der Waals surface area contributed by atoms with E-state index in [0.717, 1.165) is 40.4 Å². The second-order valence-electron chi connectivity index (χ2n) is 7.56. The van der Waals surface area contributed by atoms with Gasteiger partial charge in [0.25, 0.3) is 0 Å². The number of hydrogen-bond acceptors (Lipinski definition) is 4. The van der Waals surface area contributed by atoms with Gasteiger partial charge in [-0.15, -0.1) is 12.4 Å². The number of aromatic nitrogens is 3. The average Bonchev–Trinajstić information content (AvgIpc) is 3.09. The van der Waals surface area contributed by atoms with Crippen molar-refractivity contribution in [2.45, 2.75) is 46.2 Å². The standard InChI is InChI=1S/C22H25N5O.ClH/c1-14-5-8-22(23-11-14)25-20-9-16(3)27(17(4)28)21-7-6-18(10-19(20)21)26-12-15(2)24-13-26;/h5-8,10-13,16,20H,9H2,1-4H3,(H,23,25);1H. The molecule has 0 spiro atoms. The van der Waals surface area contributed by atoms with Crippen LogP contribution in [-0.4, -0.2) is 26.5 Å². The second kappa shape index (κ2) is 8.25. The van der Waals surface area contributed by atoms with E-state index in [1.165, 1.54) is 0 Å². The number of anilines is 2. The van der Waals surface area contributed by atoms with Crippen LogP contribution in [0.4, 0.5) is 11.5 Å². The largest absolute Gasteiger partial charge is 0.363 e. The molecule has 1 aromatic carbocycles. The maximum absolute atomic E-state index is 12.3. The first-order chi connectivity index (χ1) is 13.4. The molecule has 0 fully saturated rings. The monoisotopic (exact) mass is 411 g/mol. The molecule has 1 N–H and O–H groups in total. The number of carbonyl (C=O) groups is 1. The first-order valence-electron chi connectivity index (χ1n) is 9.56. The lowest BCUT2D eigenvalue weighted by Crippen LogP contribution is -2.43. The van der Waals surface area contributed by atoms with E-state index in [2.05, 4.69) is 34.3 Å². The highest BCUT2D eigenvalue weighted by atomic mass is 35.5. The van der Waals surface area contributed by atoms with Crippen molar-refractivity contribution in [3.63, 3.8) is 0 Å². The van der Waals surface area contributed by atoms with Gasteiger partial charge in [0.05, 0.1) is 18.1 Å². The quantitative estimate of drug-likeness (QED) is 0.683. The van der Waals surface area contributed by atoms with Gasteiger partial charge in [0.1, 0.15) is 5.82 Å². The molecule has 1 aliphatic heterocycles. The molecule has 1 aliphatic rings. The highest BCUT2D eigenvalue weighted by molar-refractivity contribution is 5.94. The Morgan fingerprint density at radius 3 is 2.59 bits per heavy atom. The zero-order valence-corrected chi connectivity index (χ0v) is 17.9. The molecule has 3 aromatic rings. The van der Waals surface area contributed by atoms with Gasteiger partial charge >= 0.3 is 0 Å². The fourth-order valence-electron chi connectivity index (χ4n) is 3.92. The summed E-state index contributed by atoms with van der Waals surface area (Å²) in [5, 5.41) is 3.56. The third-order valence-corrected chi connectivity index (χ3v) is 5.25. The fraction of sp³-hybridized carbons (Fsp3) is 0.318. The Balaban J connectivity index is 0.00000240. The number of aryl methyl sites for hydroxylation is 2. The molecule has 7 heteroatoms. The molecule has 0 saturated heterocycles. The third kappa shape index (κ3) is 4.12. The molecule has 152 valence electrons. The Morgan fingerprint density at radius 2 is 1.97 bits per heavy atom. The number of benzene rings is 1. The summed E-state index contributed by atoms with van der Waals surface area (Å²) in [7, 11) is 0. The summed E-state index contributed by atoms with van der Waals surface area (Å²) in [6.45, 7) is 7.72. The molecule has 2 atom stereocenters. The topological polar surface area (TPSA) is 63.1 Å². The minimum atomic E-state index is 0. The highest BCUT2D eigenvalue weighted by Crippen LogP contribution is 2.40. The van der Waals surface area contributed by atoms with Crippen molar-refractivity contribution < 1.29 is 4.79 Å². The Kier molecular flexibility index (Phi) is 5.94. The van der Waals surface area contributed by atoms with E-state index >= 15 is 0 Å². The number of pyridine rings is 1. The van der Waals surface area contributed by atoms with Gasteiger partial charge in [0.2, 0.25) is 5.91 Å². The van der Waals surface area contributed by atoms with E-state index in [9.17, 15) is 4.79 Å². The fourth-order valence-corrected chi connectivity index (χ4v) is 3.92. The predicted octanol–water partition coefficient (Wildman–Crippen LogP) is 4.60. The van der Waals surface area contributed by atoms with Crippen molar-refractivity contribution in [1.29, 1.82) is 0 Å². The summed E-state index contributed by atoms with van der Waals surface area (Å²) in [4.78, 5) is 23.0. The molecule has 0 bridgehead atoms. The molecule has 2 aromatic heterocycles. The lowest BCUT2D eigenvalue weighted by atomic mass is 9.91. The van der Waals surface area contributed by atoms with Crippen molar-refractivity contribution in [3.8, 4) is 5.69 Å². The number of amides is 1. The van der Waals surface area contributed by atoms with Gasteiger partial charge in [-0.2, -0.15) is 0 Å². The van der Waals surface area contributed by atoms with Crippen LogP contribution in [0.15, 0.2) is 49.1 Å². The zero-order valence-electron chi connectivity index (χ0n) is 17.1. The van der Waals surface area contributed by atoms with Gasteiger partial charge in [0, 0.05) is 42.3 Å². The Hall–Kier alpha value is -2.86. The molecule has 0 aliphatic carbocycles. The van der Waals surface area contributed by atoms with Crippen LogP contribution in [0.25, 0.3) is 5.69 Å². The second-order valence-corrected chi connectivity index (χ2v) is 7.56. The van der Waals surface area contributed by atoms with E-state index < -0.39 is 0 Å². The summed E-state index contributed by atoms with van der Waals surface area (Å²) in [5.41, 5.74) is 5.18. The minimum Gasteiger partial charge on any atom is -0.363 e. The van der Waals surface area contributed by atoms with Crippen LogP contribution in [0.3, 0.4) is 0 Å². The normalized spacial score (nSPS) is 18.0. The van der Waals surface area contributed by atoms with Crippen molar-refractivity contribution in [3.05, 3.63) is 65.9 Å². The molecule has 29 heavy (non-hydrogen) atoms. The number of nitrogens with zero attached hydrogens (tertiary/aromatic N) is 4. The van der Waals surface area contributed by atoms with Crippen LogP contribution >= 0.6 is 12.4 Å². The summed E-state index contributed by atoms with van der Waals surface area (Å²) < 4.78 is 2.01. The van der Waals surface area contributed by atoms with Crippen LogP contribution in [0.1, 0.15) is 43.1 Å². The summed E-state index contributed by atoms with van der Waals surface area (Å²) in [6.07, 6.45) is 6.49. The number of carbonyl (C=O) groups excluding carboxylic acids is 1. The van der Waals surface area contributed by atoms with Crippen LogP contribution in [0.2, 0.25) is 0 Å². The van der Waals surface area contributed by atoms with E-state index in [1.807, 2.05) is 60.2 Å². The highest BCUT2D eigenvalue weighted by Gasteiger charge is 2.32. The smallest absolute Gasteiger partial charge is 0.224 e. The minimum absolute atomic E-state index is 0. The molecular formula is C22H26ClN5O. The van der Waals surface area contributed by atoms with Crippen LogP contribution in [0.5, 0.6) is 0 Å². The Morgan fingerprint density at radius 1 is 1.17 bits per heavy atom. The maximum atomic E-state index is 12.3. The number of nitrogens with one attached hydrogen (secondary N) is 1. The molecule has 2 unspecified atom stereocenters. The maximum Gasteiger partial charge on any atom is 0.224 e. The number of fused-ring (bicyclic) bond motifs is 1. The molecular weight excluding hydrogens is 386 g/mol. The number of hydrogen-bond donors (Lipinski definition) is 1. The van der Waals surface area contributed by atoms with Crippen LogP contribution in [-0.2, 0) is 4.79 Å². The van der Waals surface area contributed by atoms with Gasteiger partial charge in [-0.1, -0.05) is 6.07 Å². The molecule has 6 nitrogen and oxygen atoms in total. The summed E-state index contributed by atoms with van der Waals surface area (Å²) in [6, 6.07) is 10.4. The molecule has 0 saturated carbocycles. The van der Waals surface area contributed by atoms with Gasteiger partial charge in [-0.05, 0) is 57.0 Å². The number of imidazole rings is 1. The van der Waals surface area contributed by atoms with Gasteiger partial charge in [-0.25, -0.2) is 9.97 Å². The van der Waals surface area contributed by atoms with Crippen LogP contribution in [0, 0.1) is 13.8 Å². The zero-order chi connectivity index (χ0) is 19.8. The number of halogens is 1. The van der Waals surface area contributed by atoms with E-state index in [-0.39, 0.29) is 30.4 Å². The van der Waals surface area contributed by atoms with Gasteiger partial charge in [0.15, 0.2) is 0 Å². The van der Waals surface area contributed by atoms with Crippen molar-refractivity contribution in [2.75, 3.05) is 10.2 Å². The van der Waals surface area contributed by atoms with Gasteiger partial charge < -0.3 is 14.8 Å². The first-order valence-corrected chi connectivity index (χ1v) is 9.56. The van der Waals surface area contributed by atoms with Crippen molar-refractivity contribution in [2.24, 2.45) is 0 Å². The summed E-state index contributed by atoms with van der Waals surface area (Å²) >= 11 is 0. The Labute approximate surface area is 177 Å².